The third-order valence-electron chi connectivity index (χ3n) is 2.69. The normalized spacial score (nSPS) is 10.8. The Balaban J connectivity index is 2.33. The average molecular weight is 302 g/mol. The van der Waals surface area contributed by atoms with E-state index in [1.165, 1.54) is 0 Å². The highest BCUT2D eigenvalue weighted by atomic mass is 35.5. The Hall–Kier alpha value is -0.840. The van der Waals surface area contributed by atoms with Crippen molar-refractivity contribution in [1.82, 2.24) is 4.98 Å². The highest BCUT2D eigenvalue weighted by Gasteiger charge is 2.03. The maximum atomic E-state index is 5.88. The van der Waals surface area contributed by atoms with Crippen LogP contribution < -0.4 is 4.74 Å². The summed E-state index contributed by atoms with van der Waals surface area (Å²) in [7, 11) is 1.69. The summed E-state index contributed by atoms with van der Waals surface area (Å²) in [5, 5.41) is 0. The van der Waals surface area contributed by atoms with Crippen LogP contribution in [0, 0.1) is 0 Å². The Morgan fingerprint density at radius 2 is 2.00 bits per heavy atom. The fourth-order valence-electron chi connectivity index (χ4n) is 1.77. The van der Waals surface area contributed by atoms with Gasteiger partial charge in [-0.3, -0.25) is 0 Å². The number of alkyl halides is 1. The van der Waals surface area contributed by atoms with E-state index in [0.29, 0.717) is 31.6 Å². The van der Waals surface area contributed by atoms with E-state index in [1.54, 1.807) is 7.11 Å². The second-order valence-electron chi connectivity index (χ2n) is 4.50. The second kappa shape index (κ2) is 10.9. The van der Waals surface area contributed by atoms with E-state index in [-0.39, 0.29) is 0 Å². The van der Waals surface area contributed by atoms with Gasteiger partial charge in [0.05, 0.1) is 6.61 Å². The quantitative estimate of drug-likeness (QED) is 0.465. The summed E-state index contributed by atoms with van der Waals surface area (Å²) in [6.07, 6.45) is 2.90. The summed E-state index contributed by atoms with van der Waals surface area (Å²) in [5.41, 5.74) is 2.07. The molecule has 0 fully saturated rings. The molecule has 20 heavy (non-hydrogen) atoms. The summed E-state index contributed by atoms with van der Waals surface area (Å²) in [4.78, 5) is 4.46. The van der Waals surface area contributed by atoms with Crippen molar-refractivity contribution < 1.29 is 14.2 Å². The summed E-state index contributed by atoms with van der Waals surface area (Å²) in [6, 6.07) is 3.92. The molecule has 0 unspecified atom stereocenters. The van der Waals surface area contributed by atoms with Gasteiger partial charge in [0.1, 0.15) is 6.61 Å². The lowest BCUT2D eigenvalue weighted by molar-refractivity contribution is 0.0795. The largest absolute Gasteiger partial charge is 0.475 e. The maximum absolute atomic E-state index is 5.88. The van der Waals surface area contributed by atoms with Crippen LogP contribution in [-0.4, -0.2) is 38.5 Å². The van der Waals surface area contributed by atoms with Gasteiger partial charge in [-0.1, -0.05) is 13.3 Å². The maximum Gasteiger partial charge on any atom is 0.213 e. The van der Waals surface area contributed by atoms with E-state index in [2.05, 4.69) is 11.9 Å². The number of halogens is 1. The lowest BCUT2D eigenvalue weighted by Crippen LogP contribution is -2.10. The molecule has 1 aromatic rings. The fraction of sp³-hybridized carbons (Fsp3) is 0.667. The molecule has 0 radical (unpaired) electrons. The molecule has 114 valence electrons. The van der Waals surface area contributed by atoms with E-state index in [4.69, 9.17) is 25.8 Å². The molecule has 5 heteroatoms. The molecule has 0 N–H and O–H groups in total. The van der Waals surface area contributed by atoms with Gasteiger partial charge in [-0.2, -0.15) is 0 Å². The first-order valence-corrected chi connectivity index (χ1v) is 7.58. The number of aryl methyl sites for hydroxylation is 1. The van der Waals surface area contributed by atoms with E-state index < -0.39 is 0 Å². The van der Waals surface area contributed by atoms with Crippen molar-refractivity contribution in [2.24, 2.45) is 0 Å². The standard InChI is InChI=1S/C15H24ClNO3/c1-3-5-14-10-13(12-16)11-15(17-14)20-9-8-19-7-4-6-18-2/h10-11H,3-9,12H2,1-2H3. The van der Waals surface area contributed by atoms with Crippen LogP contribution >= 0.6 is 11.6 Å². The number of pyridine rings is 1. The lowest BCUT2D eigenvalue weighted by Gasteiger charge is -2.09. The molecule has 1 heterocycles. The molecule has 0 amide bonds. The average Bonchev–Trinajstić information content (AvgIpc) is 2.46. The monoisotopic (exact) mass is 301 g/mol. The molecule has 0 bridgehead atoms. The van der Waals surface area contributed by atoms with Crippen molar-refractivity contribution in [3.05, 3.63) is 23.4 Å². The van der Waals surface area contributed by atoms with Crippen LogP contribution in [0.25, 0.3) is 0 Å². The number of methoxy groups -OCH3 is 1. The van der Waals surface area contributed by atoms with Crippen LogP contribution in [-0.2, 0) is 21.8 Å². The molecule has 0 saturated carbocycles. The van der Waals surface area contributed by atoms with Crippen molar-refractivity contribution in [3.8, 4) is 5.88 Å². The minimum atomic E-state index is 0.475. The van der Waals surface area contributed by atoms with Gasteiger partial charge < -0.3 is 14.2 Å². The highest BCUT2D eigenvalue weighted by molar-refractivity contribution is 6.17. The third kappa shape index (κ3) is 7.08. The number of hydrogen-bond donors (Lipinski definition) is 0. The zero-order valence-electron chi connectivity index (χ0n) is 12.4. The lowest BCUT2D eigenvalue weighted by atomic mass is 10.2. The molecule has 0 aliphatic carbocycles. The van der Waals surface area contributed by atoms with Crippen LogP contribution in [0.2, 0.25) is 0 Å². The SMILES string of the molecule is CCCc1cc(CCl)cc(OCCOCCCOC)n1. The minimum Gasteiger partial charge on any atom is -0.475 e. The fourth-order valence-corrected chi connectivity index (χ4v) is 1.92. The van der Waals surface area contributed by atoms with Gasteiger partial charge in [0.25, 0.3) is 0 Å². The molecular formula is C15H24ClNO3. The first-order chi connectivity index (χ1) is 9.80. The Kier molecular flexibility index (Phi) is 9.37. The van der Waals surface area contributed by atoms with Gasteiger partial charge in [0, 0.05) is 38.0 Å². The Bertz CT molecular complexity index is 374. The number of hydrogen-bond acceptors (Lipinski definition) is 4. The van der Waals surface area contributed by atoms with Crippen LogP contribution in [0.15, 0.2) is 12.1 Å². The van der Waals surface area contributed by atoms with Crippen molar-refractivity contribution in [2.45, 2.75) is 32.1 Å². The van der Waals surface area contributed by atoms with Crippen LogP contribution in [0.3, 0.4) is 0 Å². The predicted molar refractivity (Wildman–Crippen MR) is 80.6 cm³/mol. The van der Waals surface area contributed by atoms with Gasteiger partial charge in [-0.15, -0.1) is 11.6 Å². The Labute approximate surface area is 126 Å². The van der Waals surface area contributed by atoms with E-state index in [0.717, 1.165) is 37.1 Å². The molecule has 1 aromatic heterocycles. The summed E-state index contributed by atoms with van der Waals surface area (Å²) in [5.74, 6) is 1.11. The van der Waals surface area contributed by atoms with Crippen molar-refractivity contribution in [3.63, 3.8) is 0 Å². The predicted octanol–water partition coefficient (Wildman–Crippen LogP) is 3.20. The second-order valence-corrected chi connectivity index (χ2v) is 4.76. The van der Waals surface area contributed by atoms with E-state index in [9.17, 15) is 0 Å². The van der Waals surface area contributed by atoms with Crippen LogP contribution in [0.4, 0.5) is 0 Å². The Morgan fingerprint density at radius 3 is 2.70 bits per heavy atom. The Morgan fingerprint density at radius 1 is 1.15 bits per heavy atom. The summed E-state index contributed by atoms with van der Waals surface area (Å²) < 4.78 is 16.0. The molecule has 0 saturated heterocycles. The van der Waals surface area contributed by atoms with Crippen LogP contribution in [0.5, 0.6) is 5.88 Å². The van der Waals surface area contributed by atoms with E-state index >= 15 is 0 Å². The number of aromatic nitrogens is 1. The first-order valence-electron chi connectivity index (χ1n) is 7.05. The van der Waals surface area contributed by atoms with Gasteiger partial charge in [-0.05, 0) is 24.5 Å². The van der Waals surface area contributed by atoms with Crippen molar-refractivity contribution in [2.75, 3.05) is 33.5 Å². The molecule has 0 atom stereocenters. The summed E-state index contributed by atoms with van der Waals surface area (Å²) in [6.45, 7) is 4.59. The van der Waals surface area contributed by atoms with Gasteiger partial charge in [0.15, 0.2) is 0 Å². The molecule has 0 spiro atoms. The number of nitrogens with zero attached hydrogens (tertiary/aromatic N) is 1. The van der Waals surface area contributed by atoms with Gasteiger partial charge in [0.2, 0.25) is 5.88 Å². The zero-order valence-corrected chi connectivity index (χ0v) is 13.1. The smallest absolute Gasteiger partial charge is 0.213 e. The number of rotatable bonds is 11. The molecule has 0 aromatic carbocycles. The molecule has 0 aliphatic rings. The summed E-state index contributed by atoms with van der Waals surface area (Å²) >= 11 is 5.88. The molecular weight excluding hydrogens is 278 g/mol. The molecule has 4 nitrogen and oxygen atoms in total. The topological polar surface area (TPSA) is 40.6 Å². The van der Waals surface area contributed by atoms with Gasteiger partial charge in [-0.25, -0.2) is 4.98 Å². The van der Waals surface area contributed by atoms with Crippen molar-refractivity contribution in [1.29, 1.82) is 0 Å². The van der Waals surface area contributed by atoms with Crippen LogP contribution in [0.1, 0.15) is 31.0 Å². The third-order valence-corrected chi connectivity index (χ3v) is 3.00. The number of ether oxygens (including phenoxy) is 3. The zero-order chi connectivity index (χ0) is 14.6. The molecule has 1 rings (SSSR count). The van der Waals surface area contributed by atoms with Crippen molar-refractivity contribution >= 4 is 11.6 Å². The highest BCUT2D eigenvalue weighted by Crippen LogP contribution is 2.15. The first kappa shape index (κ1) is 17.2. The van der Waals surface area contributed by atoms with E-state index in [1.807, 2.05) is 12.1 Å². The molecule has 0 aliphatic heterocycles. The van der Waals surface area contributed by atoms with Gasteiger partial charge >= 0.3 is 0 Å². The minimum absolute atomic E-state index is 0.475.